The standard InChI is InChI=1S/C17H20N6/c1-12-14-5-6-15(20-17(14)22(2)21-12)13-4-3-9-23(11-13)16-10-18-7-8-19-16/h5-8,10,13H,3-4,9,11H2,1-2H3. The molecule has 6 heteroatoms. The van der Waals surface area contributed by atoms with E-state index in [4.69, 9.17) is 4.98 Å². The van der Waals surface area contributed by atoms with E-state index in [1.54, 1.807) is 12.4 Å². The van der Waals surface area contributed by atoms with Crippen molar-refractivity contribution in [2.75, 3.05) is 18.0 Å². The molecule has 4 rings (SSSR count). The Morgan fingerprint density at radius 3 is 2.96 bits per heavy atom. The van der Waals surface area contributed by atoms with Gasteiger partial charge in [0.1, 0.15) is 5.82 Å². The smallest absolute Gasteiger partial charge is 0.158 e. The van der Waals surface area contributed by atoms with Crippen LogP contribution in [-0.2, 0) is 7.05 Å². The lowest BCUT2D eigenvalue weighted by molar-refractivity contribution is 0.498. The molecule has 6 nitrogen and oxygen atoms in total. The molecule has 1 aliphatic rings. The molecule has 23 heavy (non-hydrogen) atoms. The van der Waals surface area contributed by atoms with Gasteiger partial charge in [-0.1, -0.05) is 0 Å². The summed E-state index contributed by atoms with van der Waals surface area (Å²) >= 11 is 0. The van der Waals surface area contributed by atoms with Crippen LogP contribution in [0, 0.1) is 6.92 Å². The molecule has 1 unspecified atom stereocenters. The first kappa shape index (κ1) is 14.1. The monoisotopic (exact) mass is 308 g/mol. The Morgan fingerprint density at radius 2 is 2.13 bits per heavy atom. The number of nitrogens with zero attached hydrogens (tertiary/aromatic N) is 6. The van der Waals surface area contributed by atoms with Gasteiger partial charge in [0.2, 0.25) is 0 Å². The summed E-state index contributed by atoms with van der Waals surface area (Å²) in [5.74, 6) is 1.38. The van der Waals surface area contributed by atoms with E-state index in [-0.39, 0.29) is 0 Å². The Labute approximate surface area is 135 Å². The normalized spacial score (nSPS) is 18.5. The lowest BCUT2D eigenvalue weighted by Crippen LogP contribution is -2.35. The first-order valence-electron chi connectivity index (χ1n) is 8.03. The van der Waals surface area contributed by atoms with Crippen molar-refractivity contribution < 1.29 is 0 Å². The molecule has 0 radical (unpaired) electrons. The van der Waals surface area contributed by atoms with Gasteiger partial charge in [-0.25, -0.2) is 9.97 Å². The zero-order valence-corrected chi connectivity index (χ0v) is 13.5. The van der Waals surface area contributed by atoms with Crippen molar-refractivity contribution in [1.29, 1.82) is 0 Å². The van der Waals surface area contributed by atoms with Crippen LogP contribution >= 0.6 is 0 Å². The fourth-order valence-electron chi connectivity index (χ4n) is 3.43. The van der Waals surface area contributed by atoms with Crippen LogP contribution in [0.15, 0.2) is 30.7 Å². The van der Waals surface area contributed by atoms with Gasteiger partial charge in [-0.2, -0.15) is 5.10 Å². The second-order valence-corrected chi connectivity index (χ2v) is 6.17. The molecule has 3 aromatic rings. The minimum Gasteiger partial charge on any atom is -0.355 e. The van der Waals surface area contributed by atoms with Crippen molar-refractivity contribution in [2.45, 2.75) is 25.7 Å². The maximum Gasteiger partial charge on any atom is 0.158 e. The number of anilines is 1. The summed E-state index contributed by atoms with van der Waals surface area (Å²) in [6.45, 7) is 4.00. The SMILES string of the molecule is Cc1nn(C)c2nc(C3CCCN(c4cnccn4)C3)ccc12. The zero-order valence-electron chi connectivity index (χ0n) is 13.5. The number of pyridine rings is 1. The summed E-state index contributed by atoms with van der Waals surface area (Å²) in [5.41, 5.74) is 3.15. The number of rotatable bonds is 2. The Hall–Kier alpha value is -2.50. The molecule has 0 N–H and O–H groups in total. The number of fused-ring (bicyclic) bond motifs is 1. The lowest BCUT2D eigenvalue weighted by Gasteiger charge is -2.33. The van der Waals surface area contributed by atoms with Crippen LogP contribution in [0.4, 0.5) is 5.82 Å². The number of hydrogen-bond donors (Lipinski definition) is 0. The van der Waals surface area contributed by atoms with Crippen LogP contribution in [0.25, 0.3) is 11.0 Å². The quantitative estimate of drug-likeness (QED) is 0.728. The van der Waals surface area contributed by atoms with Crippen molar-refractivity contribution in [1.82, 2.24) is 24.7 Å². The molecule has 0 saturated carbocycles. The Bertz CT molecular complexity index is 826. The van der Waals surface area contributed by atoms with Gasteiger partial charge in [0.15, 0.2) is 5.65 Å². The largest absolute Gasteiger partial charge is 0.355 e. The van der Waals surface area contributed by atoms with Crippen LogP contribution in [0.1, 0.15) is 30.1 Å². The van der Waals surface area contributed by atoms with E-state index in [2.05, 4.69) is 32.1 Å². The predicted molar refractivity (Wildman–Crippen MR) is 89.5 cm³/mol. The Balaban J connectivity index is 1.63. The average molecular weight is 308 g/mol. The number of aromatic nitrogens is 5. The molecule has 1 atom stereocenters. The molecule has 0 aliphatic carbocycles. The number of aryl methyl sites for hydroxylation is 2. The van der Waals surface area contributed by atoms with E-state index in [0.29, 0.717) is 5.92 Å². The van der Waals surface area contributed by atoms with Crippen molar-refractivity contribution in [3.63, 3.8) is 0 Å². The third-order valence-electron chi connectivity index (χ3n) is 4.61. The van der Waals surface area contributed by atoms with Gasteiger partial charge in [-0.05, 0) is 31.9 Å². The highest BCUT2D eigenvalue weighted by Gasteiger charge is 2.24. The summed E-state index contributed by atoms with van der Waals surface area (Å²) in [6.07, 6.45) is 7.60. The van der Waals surface area contributed by atoms with Crippen molar-refractivity contribution in [2.24, 2.45) is 7.05 Å². The maximum atomic E-state index is 4.89. The van der Waals surface area contributed by atoms with Crippen molar-refractivity contribution in [3.05, 3.63) is 42.1 Å². The van der Waals surface area contributed by atoms with Crippen LogP contribution < -0.4 is 4.90 Å². The van der Waals surface area contributed by atoms with Crippen molar-refractivity contribution in [3.8, 4) is 0 Å². The maximum absolute atomic E-state index is 4.89. The summed E-state index contributed by atoms with van der Waals surface area (Å²) < 4.78 is 1.87. The highest BCUT2D eigenvalue weighted by molar-refractivity contribution is 5.78. The van der Waals surface area contributed by atoms with Gasteiger partial charge in [0.25, 0.3) is 0 Å². The third-order valence-corrected chi connectivity index (χ3v) is 4.61. The fraction of sp³-hybridized carbons (Fsp3) is 0.412. The summed E-state index contributed by atoms with van der Waals surface area (Å²) in [7, 11) is 1.96. The minimum absolute atomic E-state index is 0.422. The van der Waals surface area contributed by atoms with E-state index in [1.165, 1.54) is 0 Å². The van der Waals surface area contributed by atoms with Gasteiger partial charge in [-0.3, -0.25) is 9.67 Å². The van der Waals surface area contributed by atoms with Crippen LogP contribution in [0.2, 0.25) is 0 Å². The molecule has 0 amide bonds. The predicted octanol–water partition coefficient (Wildman–Crippen LogP) is 2.45. The zero-order chi connectivity index (χ0) is 15.8. The van der Waals surface area contributed by atoms with E-state index in [1.807, 2.05) is 24.9 Å². The van der Waals surface area contributed by atoms with Crippen LogP contribution in [0.5, 0.6) is 0 Å². The Kier molecular flexibility index (Phi) is 3.44. The van der Waals surface area contributed by atoms with E-state index in [9.17, 15) is 0 Å². The first-order chi connectivity index (χ1) is 11.2. The summed E-state index contributed by atoms with van der Waals surface area (Å²) in [5, 5.41) is 5.60. The second kappa shape index (κ2) is 5.61. The topological polar surface area (TPSA) is 59.7 Å². The molecule has 4 heterocycles. The number of piperidine rings is 1. The highest BCUT2D eigenvalue weighted by Crippen LogP contribution is 2.29. The van der Waals surface area contributed by atoms with Gasteiger partial charge in [0, 0.05) is 49.5 Å². The third kappa shape index (κ3) is 2.54. The van der Waals surface area contributed by atoms with Crippen molar-refractivity contribution >= 4 is 16.9 Å². The van der Waals surface area contributed by atoms with Gasteiger partial charge >= 0.3 is 0 Å². The van der Waals surface area contributed by atoms with Gasteiger partial charge in [0.05, 0.1) is 11.9 Å². The Morgan fingerprint density at radius 1 is 1.22 bits per heavy atom. The minimum atomic E-state index is 0.422. The summed E-state index contributed by atoms with van der Waals surface area (Å²) in [4.78, 5) is 15.8. The molecule has 1 aliphatic heterocycles. The first-order valence-corrected chi connectivity index (χ1v) is 8.03. The average Bonchev–Trinajstić information content (AvgIpc) is 2.90. The van der Waals surface area contributed by atoms with E-state index in [0.717, 1.165) is 54.2 Å². The molecule has 1 fully saturated rings. The molecule has 0 spiro atoms. The fourth-order valence-corrected chi connectivity index (χ4v) is 3.43. The number of hydrogen-bond acceptors (Lipinski definition) is 5. The van der Waals surface area contributed by atoms with Crippen LogP contribution in [0.3, 0.4) is 0 Å². The van der Waals surface area contributed by atoms with E-state index >= 15 is 0 Å². The molecule has 0 bridgehead atoms. The molecular weight excluding hydrogens is 288 g/mol. The van der Waals surface area contributed by atoms with Gasteiger partial charge in [-0.15, -0.1) is 0 Å². The van der Waals surface area contributed by atoms with E-state index < -0.39 is 0 Å². The lowest BCUT2D eigenvalue weighted by atomic mass is 9.94. The highest BCUT2D eigenvalue weighted by atomic mass is 15.3. The molecule has 3 aromatic heterocycles. The summed E-state index contributed by atoms with van der Waals surface area (Å²) in [6, 6.07) is 4.31. The van der Waals surface area contributed by atoms with Crippen LogP contribution in [-0.4, -0.2) is 37.8 Å². The molecule has 118 valence electrons. The van der Waals surface area contributed by atoms with Gasteiger partial charge < -0.3 is 4.90 Å². The molecule has 0 aromatic carbocycles. The molecule has 1 saturated heterocycles. The second-order valence-electron chi connectivity index (χ2n) is 6.17. The molecular formula is C17H20N6.